The minimum absolute atomic E-state index is 0.0501. The molecule has 10 heteroatoms. The van der Waals surface area contributed by atoms with E-state index in [0.29, 0.717) is 23.7 Å². The second-order valence-corrected chi connectivity index (χ2v) is 7.20. The Kier molecular flexibility index (Phi) is 10.2. The van der Waals surface area contributed by atoms with Crippen LogP contribution >= 0.6 is 0 Å². The molecular formula is C21H29F5N2O3. The second kappa shape index (κ2) is 11.9. The van der Waals surface area contributed by atoms with Crippen molar-refractivity contribution in [3.05, 3.63) is 23.8 Å². The lowest BCUT2D eigenvalue weighted by atomic mass is 10.0. The number of halogens is 5. The lowest BCUT2D eigenvalue weighted by molar-refractivity contribution is -0.171. The molecule has 0 saturated carbocycles. The monoisotopic (exact) mass is 452 g/mol. The van der Waals surface area contributed by atoms with Gasteiger partial charge in [0.25, 0.3) is 0 Å². The number of carbonyl (C=O) groups excluding carboxylic acids is 1. The molecule has 1 amide bonds. The molecule has 1 rings (SSSR count). The summed E-state index contributed by atoms with van der Waals surface area (Å²) in [5, 5.41) is 9.56. The molecule has 0 aliphatic rings. The summed E-state index contributed by atoms with van der Waals surface area (Å²) >= 11 is 0. The zero-order chi connectivity index (χ0) is 23.8. The summed E-state index contributed by atoms with van der Waals surface area (Å²) in [4.78, 5) is 26.3. The second-order valence-electron chi connectivity index (χ2n) is 7.20. The van der Waals surface area contributed by atoms with Gasteiger partial charge in [-0.05, 0) is 43.9 Å². The van der Waals surface area contributed by atoms with E-state index in [0.717, 1.165) is 18.9 Å². The number of carbonyl (C=O) groups is 2. The Morgan fingerprint density at radius 2 is 1.61 bits per heavy atom. The number of amides is 1. The minimum atomic E-state index is -5.30. The van der Waals surface area contributed by atoms with Crippen molar-refractivity contribution < 1.29 is 36.6 Å². The number of nitrogens with zero attached hydrogens (tertiary/aromatic N) is 2. The fourth-order valence-corrected chi connectivity index (χ4v) is 3.45. The van der Waals surface area contributed by atoms with Gasteiger partial charge in [-0.3, -0.25) is 4.79 Å². The van der Waals surface area contributed by atoms with Crippen LogP contribution in [0.15, 0.2) is 18.2 Å². The summed E-state index contributed by atoms with van der Waals surface area (Å²) in [6.45, 7) is 6.47. The molecule has 0 radical (unpaired) electrons. The van der Waals surface area contributed by atoms with E-state index >= 15 is 0 Å². The third-order valence-corrected chi connectivity index (χ3v) is 4.84. The average Bonchev–Trinajstić information content (AvgIpc) is 2.69. The number of carboxylic acids is 1. The molecule has 0 aromatic heterocycles. The van der Waals surface area contributed by atoms with Crippen LogP contribution in [0.4, 0.5) is 33.3 Å². The van der Waals surface area contributed by atoms with Crippen LogP contribution < -0.4 is 9.80 Å². The van der Waals surface area contributed by atoms with Gasteiger partial charge < -0.3 is 14.9 Å². The molecule has 5 nitrogen and oxygen atoms in total. The first kappa shape index (κ1) is 26.6. The lowest BCUT2D eigenvalue weighted by Crippen LogP contribution is -2.48. The van der Waals surface area contributed by atoms with E-state index in [2.05, 4.69) is 0 Å². The number of rotatable bonds is 12. The number of alkyl halides is 5. The van der Waals surface area contributed by atoms with Crippen LogP contribution in [0.25, 0.3) is 0 Å². The number of hydrogen-bond acceptors (Lipinski definition) is 3. The number of benzene rings is 1. The summed E-state index contributed by atoms with van der Waals surface area (Å²) in [5.74, 6) is -3.78. The lowest BCUT2D eigenvalue weighted by Gasteiger charge is -2.34. The van der Waals surface area contributed by atoms with Gasteiger partial charge in [0.2, 0.25) is 6.43 Å². The van der Waals surface area contributed by atoms with Crippen molar-refractivity contribution in [1.29, 1.82) is 0 Å². The van der Waals surface area contributed by atoms with Crippen molar-refractivity contribution in [2.24, 2.45) is 0 Å². The van der Waals surface area contributed by atoms with E-state index in [1.165, 1.54) is 19.1 Å². The molecule has 1 unspecified atom stereocenters. The number of anilines is 2. The van der Waals surface area contributed by atoms with Gasteiger partial charge in [-0.2, -0.15) is 13.2 Å². The molecule has 0 aliphatic heterocycles. The fraction of sp³-hybridized carbons (Fsp3) is 0.619. The van der Waals surface area contributed by atoms with Crippen LogP contribution in [0, 0.1) is 0 Å². The number of hydrogen-bond donors (Lipinski definition) is 1. The van der Waals surface area contributed by atoms with Gasteiger partial charge in [-0.25, -0.2) is 13.6 Å². The molecule has 0 heterocycles. The van der Waals surface area contributed by atoms with Crippen molar-refractivity contribution in [2.45, 2.75) is 71.5 Å². The summed E-state index contributed by atoms with van der Waals surface area (Å²) in [7, 11) is 0. The smallest absolute Gasteiger partial charge is 0.471 e. The molecule has 0 spiro atoms. The predicted molar refractivity (Wildman–Crippen MR) is 109 cm³/mol. The Bertz CT molecular complexity index is 734. The van der Waals surface area contributed by atoms with Crippen LogP contribution in [0.5, 0.6) is 0 Å². The van der Waals surface area contributed by atoms with Gasteiger partial charge in [0.05, 0.1) is 11.3 Å². The maximum absolute atomic E-state index is 13.4. The summed E-state index contributed by atoms with van der Waals surface area (Å²) in [6.07, 6.45) is -7.72. The molecule has 1 aromatic carbocycles. The van der Waals surface area contributed by atoms with Crippen LogP contribution in [0.1, 0.15) is 63.2 Å². The van der Waals surface area contributed by atoms with E-state index in [9.17, 15) is 36.6 Å². The third kappa shape index (κ3) is 7.36. The highest BCUT2D eigenvalue weighted by molar-refractivity contribution is 6.04. The highest BCUT2D eigenvalue weighted by Gasteiger charge is 2.46. The molecule has 0 bridgehead atoms. The van der Waals surface area contributed by atoms with Crippen LogP contribution in [0.3, 0.4) is 0 Å². The van der Waals surface area contributed by atoms with Gasteiger partial charge in [0.1, 0.15) is 0 Å². The van der Waals surface area contributed by atoms with Gasteiger partial charge in [0, 0.05) is 31.2 Å². The van der Waals surface area contributed by atoms with E-state index in [-0.39, 0.29) is 6.42 Å². The Labute approximate surface area is 178 Å². The molecule has 31 heavy (non-hydrogen) atoms. The van der Waals surface area contributed by atoms with Crippen molar-refractivity contribution >= 4 is 23.3 Å². The van der Waals surface area contributed by atoms with Crippen molar-refractivity contribution in [1.82, 2.24) is 0 Å². The molecule has 0 fully saturated rings. The topological polar surface area (TPSA) is 60.9 Å². The number of carboxylic acid groups (broad SMARTS) is 1. The van der Waals surface area contributed by atoms with Crippen LogP contribution in [-0.4, -0.2) is 48.7 Å². The first-order valence-electron chi connectivity index (χ1n) is 10.3. The highest BCUT2D eigenvalue weighted by atomic mass is 19.4. The molecule has 176 valence electrons. The van der Waals surface area contributed by atoms with Gasteiger partial charge in [-0.15, -0.1) is 0 Å². The Morgan fingerprint density at radius 1 is 1.03 bits per heavy atom. The standard InChI is InChI=1S/C21H29F5N2O3/c1-4-11-27(12-5-2)15-7-9-16(19(29)30)17(13-15)28(20(31)21(24,25)26)14(6-3)8-10-18(22)23/h7,9,13-14,18H,4-6,8,10-12H2,1-3H3,(H,29,30). The third-order valence-electron chi connectivity index (χ3n) is 4.84. The van der Waals surface area contributed by atoms with E-state index in [4.69, 9.17) is 0 Å². The minimum Gasteiger partial charge on any atom is -0.478 e. The van der Waals surface area contributed by atoms with Crippen molar-refractivity contribution in [3.63, 3.8) is 0 Å². The maximum atomic E-state index is 13.4. The van der Waals surface area contributed by atoms with E-state index in [1.807, 2.05) is 18.7 Å². The summed E-state index contributed by atoms with van der Waals surface area (Å²) in [5.41, 5.74) is -0.470. The van der Waals surface area contributed by atoms with Gasteiger partial charge in [-0.1, -0.05) is 20.8 Å². The average molecular weight is 452 g/mol. The van der Waals surface area contributed by atoms with Crippen LogP contribution in [0.2, 0.25) is 0 Å². The highest BCUT2D eigenvalue weighted by Crippen LogP contribution is 2.34. The zero-order valence-corrected chi connectivity index (χ0v) is 17.9. The van der Waals surface area contributed by atoms with E-state index in [1.54, 1.807) is 0 Å². The maximum Gasteiger partial charge on any atom is 0.471 e. The molecule has 0 saturated heterocycles. The van der Waals surface area contributed by atoms with Gasteiger partial charge >= 0.3 is 18.1 Å². The fourth-order valence-electron chi connectivity index (χ4n) is 3.45. The Balaban J connectivity index is 3.66. The zero-order valence-electron chi connectivity index (χ0n) is 17.9. The molecular weight excluding hydrogens is 423 g/mol. The SMILES string of the molecule is CCCN(CCC)c1ccc(C(=O)O)c(N(C(=O)C(F)(F)F)C(CC)CCC(F)F)c1. The van der Waals surface area contributed by atoms with Crippen LogP contribution in [-0.2, 0) is 4.79 Å². The molecule has 1 atom stereocenters. The first-order chi connectivity index (χ1) is 14.5. The Morgan fingerprint density at radius 3 is 2.03 bits per heavy atom. The number of aromatic carboxylic acids is 1. The van der Waals surface area contributed by atoms with E-state index < -0.39 is 54.6 Å². The van der Waals surface area contributed by atoms with Gasteiger partial charge in [0.15, 0.2) is 0 Å². The molecule has 0 aliphatic carbocycles. The largest absolute Gasteiger partial charge is 0.478 e. The Hall–Kier alpha value is -2.39. The summed E-state index contributed by atoms with van der Waals surface area (Å²) < 4.78 is 65.8. The first-order valence-corrected chi connectivity index (χ1v) is 10.3. The molecule has 1 aromatic rings. The predicted octanol–water partition coefficient (Wildman–Crippen LogP) is 5.73. The quantitative estimate of drug-likeness (QED) is 0.412. The van der Waals surface area contributed by atoms with Crippen molar-refractivity contribution in [3.8, 4) is 0 Å². The van der Waals surface area contributed by atoms with Crippen molar-refractivity contribution in [2.75, 3.05) is 22.9 Å². The molecule has 1 N–H and O–H groups in total. The summed E-state index contributed by atoms with van der Waals surface area (Å²) in [6, 6.07) is 2.64. The normalized spacial score (nSPS) is 12.7.